The normalized spacial score (nSPS) is 9.42. The van der Waals surface area contributed by atoms with Crippen molar-refractivity contribution in [2.75, 3.05) is 19.6 Å². The van der Waals surface area contributed by atoms with Gasteiger partial charge in [0.25, 0.3) is 0 Å². The molecule has 2 amide bonds. The van der Waals surface area contributed by atoms with Gasteiger partial charge in [0.2, 0.25) is 0 Å². The first-order valence-corrected chi connectivity index (χ1v) is 6.15. The topological polar surface area (TPSA) is 44.4 Å². The van der Waals surface area contributed by atoms with Crippen LogP contribution in [0.25, 0.3) is 0 Å². The lowest BCUT2D eigenvalue weighted by atomic mass is 10.3. The van der Waals surface area contributed by atoms with E-state index in [9.17, 15) is 4.79 Å². The van der Waals surface area contributed by atoms with Gasteiger partial charge in [-0.3, -0.25) is 4.90 Å². The Labute approximate surface area is 116 Å². The maximum Gasteiger partial charge on any atom is 0.323 e. The highest BCUT2D eigenvalue weighted by molar-refractivity contribution is 5.76. The average Bonchev–Trinajstić information content (AvgIpc) is 2.29. The lowest BCUT2D eigenvalue weighted by Gasteiger charge is -2.26. The minimum absolute atomic E-state index is 0.217. The maximum atomic E-state index is 12.1. The van der Waals surface area contributed by atoms with E-state index in [1.807, 2.05) is 20.8 Å². The molecule has 4 nitrogen and oxygen atoms in total. The minimum atomic E-state index is -0.217. The summed E-state index contributed by atoms with van der Waals surface area (Å²) in [6.07, 6.45) is 0. The average molecular weight is 263 g/mol. The van der Waals surface area contributed by atoms with Gasteiger partial charge in [0.05, 0.1) is 0 Å². The Morgan fingerprint density at radius 1 is 0.895 bits per heavy atom. The molecule has 0 aromatic heterocycles. The van der Waals surface area contributed by atoms with Crippen molar-refractivity contribution in [1.82, 2.24) is 15.5 Å². The number of nitrogens with one attached hydrogen (secondary N) is 2. The predicted molar refractivity (Wildman–Crippen MR) is 81.7 cm³/mol. The van der Waals surface area contributed by atoms with Crippen LogP contribution in [0, 0.1) is 0 Å². The van der Waals surface area contributed by atoms with Crippen LogP contribution in [0.15, 0.2) is 48.9 Å². The highest BCUT2D eigenvalue weighted by atomic mass is 16.2. The molecule has 0 saturated carbocycles. The van der Waals surface area contributed by atoms with Crippen molar-refractivity contribution in [3.8, 4) is 0 Å². The molecule has 0 heterocycles. The lowest BCUT2D eigenvalue weighted by molar-refractivity contribution is 0.212. The largest absolute Gasteiger partial charge is 0.368 e. The summed E-state index contributed by atoms with van der Waals surface area (Å²) in [6, 6.07) is -0.217. The molecule has 0 aliphatic carbocycles. The van der Waals surface area contributed by atoms with Gasteiger partial charge in [0.15, 0.2) is 0 Å². The van der Waals surface area contributed by atoms with Gasteiger partial charge < -0.3 is 10.6 Å². The van der Waals surface area contributed by atoms with Gasteiger partial charge in [-0.2, -0.15) is 0 Å². The van der Waals surface area contributed by atoms with E-state index in [1.165, 1.54) is 4.90 Å². The first-order chi connectivity index (χ1) is 8.73. The van der Waals surface area contributed by atoms with E-state index in [2.05, 4.69) is 36.9 Å². The number of carbonyl (C=O) groups is 1. The summed E-state index contributed by atoms with van der Waals surface area (Å²) in [7, 11) is 0. The molecule has 0 atom stereocenters. The zero-order valence-electron chi connectivity index (χ0n) is 12.3. The van der Waals surface area contributed by atoms with Crippen molar-refractivity contribution in [3.05, 3.63) is 48.9 Å². The number of carbonyl (C=O) groups excluding carboxylic acids is 1. The van der Waals surface area contributed by atoms with Crippen LogP contribution in [0.4, 0.5) is 4.79 Å². The third-order valence-electron chi connectivity index (χ3n) is 2.13. The Morgan fingerprint density at radius 2 is 1.37 bits per heavy atom. The molecule has 0 aromatic carbocycles. The summed E-state index contributed by atoms with van der Waals surface area (Å²) in [4.78, 5) is 13.6. The summed E-state index contributed by atoms with van der Waals surface area (Å²) in [5.41, 5.74) is 2.74. The molecule has 0 bridgehead atoms. The molecule has 0 aromatic rings. The highest BCUT2D eigenvalue weighted by Crippen LogP contribution is 2.04. The zero-order valence-corrected chi connectivity index (χ0v) is 12.3. The number of rotatable bonds is 8. The predicted octanol–water partition coefficient (Wildman–Crippen LogP) is 2.79. The third kappa shape index (κ3) is 7.86. The fourth-order valence-electron chi connectivity index (χ4n) is 1.23. The number of amides is 2. The second kappa shape index (κ2) is 8.19. The van der Waals surface area contributed by atoms with Crippen molar-refractivity contribution < 1.29 is 4.79 Å². The summed E-state index contributed by atoms with van der Waals surface area (Å²) in [5.74, 6) is 0.533. The van der Waals surface area contributed by atoms with Gasteiger partial charge in [-0.15, -0.1) is 0 Å². The number of nitrogens with zero attached hydrogens (tertiary/aromatic N) is 1. The van der Waals surface area contributed by atoms with E-state index in [0.717, 1.165) is 16.7 Å². The van der Waals surface area contributed by atoms with Gasteiger partial charge in [0, 0.05) is 19.6 Å². The summed E-state index contributed by atoms with van der Waals surface area (Å²) < 4.78 is 0. The summed E-state index contributed by atoms with van der Waals surface area (Å²) in [5, 5.41) is 5.84. The lowest BCUT2D eigenvalue weighted by Crippen LogP contribution is -2.44. The van der Waals surface area contributed by atoms with Crippen LogP contribution in [0.3, 0.4) is 0 Å². The SMILES string of the molecule is C=C(C)CNC(=C)N(CC(=C)C)C(=O)NCC(=C)C. The van der Waals surface area contributed by atoms with Crippen molar-refractivity contribution in [3.63, 3.8) is 0 Å². The quantitative estimate of drug-likeness (QED) is 0.661. The number of hydrogen-bond donors (Lipinski definition) is 2. The first-order valence-electron chi connectivity index (χ1n) is 6.15. The second-order valence-corrected chi connectivity index (χ2v) is 4.92. The molecule has 0 spiro atoms. The van der Waals surface area contributed by atoms with Gasteiger partial charge in [0.1, 0.15) is 5.82 Å². The molecule has 2 N–H and O–H groups in total. The van der Waals surface area contributed by atoms with Gasteiger partial charge >= 0.3 is 6.03 Å². The molecule has 0 unspecified atom stereocenters. The second-order valence-electron chi connectivity index (χ2n) is 4.92. The fourth-order valence-corrected chi connectivity index (χ4v) is 1.23. The monoisotopic (exact) mass is 263 g/mol. The minimum Gasteiger partial charge on any atom is -0.368 e. The smallest absolute Gasteiger partial charge is 0.323 e. The third-order valence-corrected chi connectivity index (χ3v) is 2.13. The van der Waals surface area contributed by atoms with Crippen molar-refractivity contribution in [1.29, 1.82) is 0 Å². The number of hydrogen-bond acceptors (Lipinski definition) is 2. The van der Waals surface area contributed by atoms with E-state index < -0.39 is 0 Å². The fraction of sp³-hybridized carbons (Fsp3) is 0.400. The summed E-state index contributed by atoms with van der Waals surface area (Å²) in [6.45, 7) is 22.3. The van der Waals surface area contributed by atoms with Crippen LogP contribution in [0.5, 0.6) is 0 Å². The van der Waals surface area contributed by atoms with Gasteiger partial charge in [-0.25, -0.2) is 4.79 Å². The molecule has 0 aliphatic rings. The van der Waals surface area contributed by atoms with Crippen molar-refractivity contribution in [2.45, 2.75) is 20.8 Å². The van der Waals surface area contributed by atoms with Crippen LogP contribution in [-0.4, -0.2) is 30.6 Å². The Hall–Kier alpha value is -1.97. The van der Waals surface area contributed by atoms with E-state index in [1.54, 1.807) is 0 Å². The maximum absolute atomic E-state index is 12.1. The van der Waals surface area contributed by atoms with E-state index in [-0.39, 0.29) is 6.03 Å². The van der Waals surface area contributed by atoms with Crippen LogP contribution in [0.2, 0.25) is 0 Å². The first kappa shape index (κ1) is 17.0. The standard InChI is InChI=1S/C15H25N3O/c1-11(2)8-16-14(7)18(10-13(5)6)15(19)17-9-12(3)4/h16H,1,3,5,7-10H2,2,4,6H3,(H,17,19). The van der Waals surface area contributed by atoms with E-state index in [4.69, 9.17) is 0 Å². The molecule has 0 rings (SSSR count). The van der Waals surface area contributed by atoms with Crippen LogP contribution < -0.4 is 10.6 Å². The Morgan fingerprint density at radius 3 is 1.79 bits per heavy atom. The molecule has 0 fully saturated rings. The van der Waals surface area contributed by atoms with Crippen LogP contribution in [-0.2, 0) is 0 Å². The van der Waals surface area contributed by atoms with Gasteiger partial charge in [-0.1, -0.05) is 43.0 Å². The molecule has 0 saturated heterocycles. The Balaban J connectivity index is 4.64. The highest BCUT2D eigenvalue weighted by Gasteiger charge is 2.16. The Bertz CT molecular complexity index is 366. The van der Waals surface area contributed by atoms with Gasteiger partial charge in [-0.05, 0) is 20.8 Å². The molecular formula is C15H25N3O. The number of urea groups is 1. The molecule has 106 valence electrons. The molecule has 4 heteroatoms. The molecule has 0 radical (unpaired) electrons. The van der Waals surface area contributed by atoms with Crippen LogP contribution >= 0.6 is 0 Å². The molecule has 0 aliphatic heterocycles. The Kier molecular flexibility index (Phi) is 7.34. The van der Waals surface area contributed by atoms with E-state index >= 15 is 0 Å². The molecular weight excluding hydrogens is 238 g/mol. The zero-order chi connectivity index (χ0) is 15.0. The summed E-state index contributed by atoms with van der Waals surface area (Å²) >= 11 is 0. The van der Waals surface area contributed by atoms with Crippen molar-refractivity contribution >= 4 is 6.03 Å². The molecule has 19 heavy (non-hydrogen) atoms. The van der Waals surface area contributed by atoms with Crippen LogP contribution in [0.1, 0.15) is 20.8 Å². The van der Waals surface area contributed by atoms with Crippen molar-refractivity contribution in [2.24, 2.45) is 0 Å². The van der Waals surface area contributed by atoms with E-state index in [0.29, 0.717) is 25.5 Å².